The Bertz CT molecular complexity index is 455. The van der Waals surface area contributed by atoms with Crippen LogP contribution in [0.15, 0.2) is 18.2 Å². The Kier molecular flexibility index (Phi) is 2.85. The van der Waals surface area contributed by atoms with Gasteiger partial charge in [-0.1, -0.05) is 6.07 Å². The first-order valence-electron chi connectivity index (χ1n) is 7.67. The third-order valence-corrected chi connectivity index (χ3v) is 4.98. The number of fused-ring (bicyclic) bond motifs is 1. The van der Waals surface area contributed by atoms with Crippen LogP contribution in [-0.2, 0) is 6.54 Å². The van der Waals surface area contributed by atoms with Crippen LogP contribution in [0.4, 0.5) is 0 Å². The predicted molar refractivity (Wildman–Crippen MR) is 75.8 cm³/mol. The largest absolute Gasteiger partial charge is 0.300 e. The molecule has 0 amide bonds. The normalized spacial score (nSPS) is 31.8. The summed E-state index contributed by atoms with van der Waals surface area (Å²) in [6.45, 7) is 8.39. The van der Waals surface area contributed by atoms with Crippen molar-refractivity contribution in [1.29, 1.82) is 0 Å². The predicted octanol–water partition coefficient (Wildman–Crippen LogP) is 1.92. The number of rotatable bonds is 3. The van der Waals surface area contributed by atoms with Crippen molar-refractivity contribution in [2.45, 2.75) is 32.4 Å². The van der Waals surface area contributed by atoms with Crippen LogP contribution in [0, 0.1) is 18.8 Å². The Morgan fingerprint density at radius 2 is 1.84 bits per heavy atom. The molecule has 3 aliphatic rings. The molecule has 0 bridgehead atoms. The van der Waals surface area contributed by atoms with Crippen LogP contribution >= 0.6 is 0 Å². The average molecular weight is 257 g/mol. The van der Waals surface area contributed by atoms with Crippen molar-refractivity contribution >= 4 is 0 Å². The van der Waals surface area contributed by atoms with Crippen molar-refractivity contribution in [3.8, 4) is 0 Å². The zero-order valence-corrected chi connectivity index (χ0v) is 11.8. The maximum atomic E-state index is 4.63. The van der Waals surface area contributed by atoms with Gasteiger partial charge >= 0.3 is 0 Å². The van der Waals surface area contributed by atoms with Gasteiger partial charge < -0.3 is 0 Å². The molecule has 3 heteroatoms. The van der Waals surface area contributed by atoms with Gasteiger partial charge in [-0.3, -0.25) is 14.8 Å². The van der Waals surface area contributed by atoms with Crippen molar-refractivity contribution in [1.82, 2.24) is 14.8 Å². The second-order valence-corrected chi connectivity index (χ2v) is 6.67. The third kappa shape index (κ3) is 2.41. The van der Waals surface area contributed by atoms with Crippen LogP contribution in [0.2, 0.25) is 0 Å². The molecule has 1 aromatic heterocycles. The summed E-state index contributed by atoms with van der Waals surface area (Å²) in [5.74, 6) is 1.84. The van der Waals surface area contributed by atoms with Crippen LogP contribution in [0.25, 0.3) is 0 Å². The molecule has 19 heavy (non-hydrogen) atoms. The van der Waals surface area contributed by atoms with Gasteiger partial charge in [0.1, 0.15) is 0 Å². The van der Waals surface area contributed by atoms with E-state index in [4.69, 9.17) is 0 Å². The number of nitrogens with zero attached hydrogens (tertiary/aromatic N) is 3. The molecule has 4 rings (SSSR count). The molecule has 102 valence electrons. The molecule has 0 N–H and O–H groups in total. The van der Waals surface area contributed by atoms with E-state index in [1.807, 2.05) is 0 Å². The van der Waals surface area contributed by atoms with Crippen LogP contribution < -0.4 is 0 Å². The van der Waals surface area contributed by atoms with Gasteiger partial charge in [-0.2, -0.15) is 0 Å². The van der Waals surface area contributed by atoms with Crippen molar-refractivity contribution in [3.05, 3.63) is 29.6 Å². The van der Waals surface area contributed by atoms with Crippen LogP contribution in [0.5, 0.6) is 0 Å². The van der Waals surface area contributed by atoms with Gasteiger partial charge in [0.15, 0.2) is 0 Å². The Labute approximate surface area is 115 Å². The Hall–Kier alpha value is -0.930. The van der Waals surface area contributed by atoms with E-state index in [1.165, 1.54) is 44.7 Å². The van der Waals surface area contributed by atoms with E-state index in [0.717, 1.165) is 30.1 Å². The standard InChI is InChI=1S/C16H23N3/c1-12-3-2-4-15(17-12)11-18-7-13-9-19(16-5-6-16)10-14(13)8-18/h2-4,13-14,16H,5-11H2,1H3. The molecule has 2 saturated heterocycles. The lowest BCUT2D eigenvalue weighted by molar-refractivity contribution is 0.244. The summed E-state index contributed by atoms with van der Waals surface area (Å²) in [4.78, 5) is 9.99. The van der Waals surface area contributed by atoms with Crippen molar-refractivity contribution in [2.24, 2.45) is 11.8 Å². The number of aromatic nitrogens is 1. The fourth-order valence-corrected chi connectivity index (χ4v) is 3.91. The first-order chi connectivity index (χ1) is 9.28. The SMILES string of the molecule is Cc1cccc(CN2CC3CN(C4CC4)CC3C2)n1. The summed E-state index contributed by atoms with van der Waals surface area (Å²) in [6, 6.07) is 7.33. The first kappa shape index (κ1) is 11.9. The van der Waals surface area contributed by atoms with Gasteiger partial charge in [0.2, 0.25) is 0 Å². The summed E-state index contributed by atoms with van der Waals surface area (Å²) >= 11 is 0. The smallest absolute Gasteiger partial charge is 0.0547 e. The minimum absolute atomic E-state index is 0.922. The lowest BCUT2D eigenvalue weighted by atomic mass is 10.0. The number of aryl methyl sites for hydroxylation is 1. The van der Waals surface area contributed by atoms with Crippen molar-refractivity contribution in [2.75, 3.05) is 26.2 Å². The topological polar surface area (TPSA) is 19.4 Å². The molecule has 0 aromatic carbocycles. The van der Waals surface area contributed by atoms with E-state index in [0.29, 0.717) is 0 Å². The number of likely N-dealkylation sites (tertiary alicyclic amines) is 2. The van der Waals surface area contributed by atoms with E-state index < -0.39 is 0 Å². The Morgan fingerprint density at radius 1 is 1.11 bits per heavy atom. The lowest BCUT2D eigenvalue weighted by Gasteiger charge is -2.20. The van der Waals surface area contributed by atoms with E-state index in [1.54, 1.807) is 0 Å². The Morgan fingerprint density at radius 3 is 2.47 bits per heavy atom. The zero-order chi connectivity index (χ0) is 12.8. The molecular weight excluding hydrogens is 234 g/mol. The highest BCUT2D eigenvalue weighted by molar-refractivity contribution is 5.10. The molecule has 3 nitrogen and oxygen atoms in total. The quantitative estimate of drug-likeness (QED) is 0.824. The lowest BCUT2D eigenvalue weighted by Crippen LogP contribution is -2.30. The Balaban J connectivity index is 1.36. The van der Waals surface area contributed by atoms with Gasteiger partial charge in [0.25, 0.3) is 0 Å². The second-order valence-electron chi connectivity index (χ2n) is 6.67. The van der Waals surface area contributed by atoms with Gasteiger partial charge in [0, 0.05) is 44.5 Å². The van der Waals surface area contributed by atoms with E-state index in [2.05, 4.69) is 39.9 Å². The maximum Gasteiger partial charge on any atom is 0.0547 e. The average Bonchev–Trinajstić information content (AvgIpc) is 3.04. The maximum absolute atomic E-state index is 4.63. The van der Waals surface area contributed by atoms with Crippen molar-refractivity contribution in [3.63, 3.8) is 0 Å². The number of hydrogen-bond acceptors (Lipinski definition) is 3. The highest BCUT2D eigenvalue weighted by Crippen LogP contribution is 2.38. The fraction of sp³-hybridized carbons (Fsp3) is 0.688. The molecule has 1 saturated carbocycles. The van der Waals surface area contributed by atoms with Crippen LogP contribution in [0.1, 0.15) is 24.2 Å². The summed E-state index contributed by atoms with van der Waals surface area (Å²) in [7, 11) is 0. The molecular formula is C16H23N3. The third-order valence-electron chi connectivity index (χ3n) is 4.98. The molecule has 0 radical (unpaired) electrons. The fourth-order valence-electron chi connectivity index (χ4n) is 3.91. The molecule has 3 fully saturated rings. The summed E-state index contributed by atoms with van der Waals surface area (Å²) in [6.07, 6.45) is 2.91. The minimum Gasteiger partial charge on any atom is -0.300 e. The summed E-state index contributed by atoms with van der Waals surface area (Å²) in [5, 5.41) is 0. The first-order valence-corrected chi connectivity index (χ1v) is 7.67. The molecule has 1 aliphatic carbocycles. The zero-order valence-electron chi connectivity index (χ0n) is 11.8. The van der Waals surface area contributed by atoms with E-state index >= 15 is 0 Å². The van der Waals surface area contributed by atoms with Gasteiger partial charge in [0.05, 0.1) is 5.69 Å². The highest BCUT2D eigenvalue weighted by Gasteiger charge is 2.44. The minimum atomic E-state index is 0.922. The number of pyridine rings is 1. The molecule has 2 aliphatic heterocycles. The second kappa shape index (κ2) is 4.57. The van der Waals surface area contributed by atoms with Gasteiger partial charge in [-0.25, -0.2) is 0 Å². The van der Waals surface area contributed by atoms with Gasteiger partial charge in [-0.15, -0.1) is 0 Å². The van der Waals surface area contributed by atoms with Gasteiger partial charge in [-0.05, 0) is 43.7 Å². The molecule has 2 unspecified atom stereocenters. The molecule has 1 aromatic rings. The summed E-state index contributed by atoms with van der Waals surface area (Å²) in [5.41, 5.74) is 2.37. The molecule has 2 atom stereocenters. The highest BCUT2D eigenvalue weighted by atomic mass is 15.3. The number of hydrogen-bond donors (Lipinski definition) is 0. The monoisotopic (exact) mass is 257 g/mol. The molecule has 0 spiro atoms. The van der Waals surface area contributed by atoms with E-state index in [-0.39, 0.29) is 0 Å². The van der Waals surface area contributed by atoms with Crippen LogP contribution in [0.3, 0.4) is 0 Å². The van der Waals surface area contributed by atoms with E-state index in [9.17, 15) is 0 Å². The van der Waals surface area contributed by atoms with Crippen LogP contribution in [-0.4, -0.2) is 47.0 Å². The molecule has 3 heterocycles. The van der Waals surface area contributed by atoms with Crippen molar-refractivity contribution < 1.29 is 0 Å². The summed E-state index contributed by atoms with van der Waals surface area (Å²) < 4.78 is 0.